The summed E-state index contributed by atoms with van der Waals surface area (Å²) in [7, 11) is 0. The number of hydrogen-bond acceptors (Lipinski definition) is 7. The average Bonchev–Trinajstić information content (AvgIpc) is 3.28. The minimum atomic E-state index is -0.118. The summed E-state index contributed by atoms with van der Waals surface area (Å²) in [5.41, 5.74) is 3.15. The molecule has 8 heteroatoms. The highest BCUT2D eigenvalue weighted by atomic mass is 32.1. The Balaban J connectivity index is 1.49. The number of anilines is 2. The van der Waals surface area contributed by atoms with Crippen molar-refractivity contribution < 1.29 is 4.79 Å². The lowest BCUT2D eigenvalue weighted by atomic mass is 9.87. The first kappa shape index (κ1) is 18.4. The normalized spacial score (nSPS) is 18.8. The number of fused-ring (bicyclic) bond motifs is 2. The van der Waals surface area contributed by atoms with Crippen LogP contribution >= 0.6 is 11.3 Å². The minimum absolute atomic E-state index is 0.0130. The average molecular weight is 409 g/mol. The van der Waals surface area contributed by atoms with Gasteiger partial charge in [0.05, 0.1) is 0 Å². The summed E-state index contributed by atoms with van der Waals surface area (Å²) in [6, 6.07) is 8.62. The van der Waals surface area contributed by atoms with Gasteiger partial charge in [0.1, 0.15) is 16.7 Å². The van der Waals surface area contributed by atoms with Crippen LogP contribution in [0.15, 0.2) is 30.6 Å². The van der Waals surface area contributed by atoms with Gasteiger partial charge in [-0.05, 0) is 37.6 Å². The van der Waals surface area contributed by atoms with Crippen molar-refractivity contribution in [1.82, 2.24) is 25.6 Å². The number of carbonyl (C=O) groups is 1. The van der Waals surface area contributed by atoms with Gasteiger partial charge in [-0.3, -0.25) is 4.79 Å². The predicted molar refractivity (Wildman–Crippen MR) is 115 cm³/mol. The van der Waals surface area contributed by atoms with E-state index in [1.807, 2.05) is 6.07 Å². The number of piperidine rings is 1. The zero-order valence-electron chi connectivity index (χ0n) is 16.6. The molecular formula is C21H24N6OS. The molecule has 3 aromatic rings. The Kier molecular flexibility index (Phi) is 4.48. The molecule has 0 saturated carbocycles. The number of para-hydroxylation sites is 1. The molecule has 2 N–H and O–H groups in total. The van der Waals surface area contributed by atoms with E-state index in [2.05, 4.69) is 62.5 Å². The van der Waals surface area contributed by atoms with E-state index in [9.17, 15) is 4.79 Å². The lowest BCUT2D eigenvalue weighted by molar-refractivity contribution is 0.0929. The summed E-state index contributed by atoms with van der Waals surface area (Å²) in [5.74, 6) is 0.651. The number of amides is 1. The zero-order chi connectivity index (χ0) is 20.0. The second-order valence-electron chi connectivity index (χ2n) is 8.35. The van der Waals surface area contributed by atoms with E-state index in [0.29, 0.717) is 10.5 Å². The van der Waals surface area contributed by atoms with Crippen molar-refractivity contribution in [3.05, 3.63) is 41.2 Å². The number of hydrogen-bond donors (Lipinski definition) is 2. The standard InChI is InChI=1S/C21H24N6OS/c1-21(2)11-27(15-6-4-3-5-14(15)21)17-16-19(24-12-23-17)29-20(26-16)18(28)25-13-7-9-22-10-8-13/h3-6,12-13,22H,7-11H2,1-2H3,(H,25,28). The predicted octanol–water partition coefficient (Wildman–Crippen LogP) is 3.00. The van der Waals surface area contributed by atoms with Crippen LogP contribution in [0.4, 0.5) is 11.5 Å². The van der Waals surface area contributed by atoms with Gasteiger partial charge in [0.25, 0.3) is 5.91 Å². The summed E-state index contributed by atoms with van der Waals surface area (Å²) in [6.45, 7) is 7.16. The van der Waals surface area contributed by atoms with Crippen LogP contribution < -0.4 is 15.5 Å². The van der Waals surface area contributed by atoms with Gasteiger partial charge in [0, 0.05) is 23.7 Å². The summed E-state index contributed by atoms with van der Waals surface area (Å²) < 4.78 is 0. The van der Waals surface area contributed by atoms with Crippen LogP contribution in [0.3, 0.4) is 0 Å². The highest BCUT2D eigenvalue weighted by molar-refractivity contribution is 7.20. The first-order valence-electron chi connectivity index (χ1n) is 10.0. The lowest BCUT2D eigenvalue weighted by Crippen LogP contribution is -2.42. The van der Waals surface area contributed by atoms with Crippen molar-refractivity contribution >= 4 is 39.1 Å². The maximum Gasteiger partial charge on any atom is 0.280 e. The molecule has 1 amide bonds. The molecule has 29 heavy (non-hydrogen) atoms. The smallest absolute Gasteiger partial charge is 0.280 e. The molecule has 150 valence electrons. The number of nitrogens with zero attached hydrogens (tertiary/aromatic N) is 4. The van der Waals surface area contributed by atoms with Crippen LogP contribution in [0.25, 0.3) is 10.3 Å². The number of aromatic nitrogens is 3. The molecule has 4 heterocycles. The van der Waals surface area contributed by atoms with Gasteiger partial charge in [-0.1, -0.05) is 43.4 Å². The van der Waals surface area contributed by atoms with E-state index in [4.69, 9.17) is 0 Å². The molecule has 1 fully saturated rings. The van der Waals surface area contributed by atoms with Gasteiger partial charge >= 0.3 is 0 Å². The number of rotatable bonds is 3. The van der Waals surface area contributed by atoms with Crippen molar-refractivity contribution in [2.45, 2.75) is 38.1 Å². The number of benzene rings is 1. The first-order valence-corrected chi connectivity index (χ1v) is 10.8. The third kappa shape index (κ3) is 3.26. The van der Waals surface area contributed by atoms with Crippen molar-refractivity contribution in [3.8, 4) is 0 Å². The highest BCUT2D eigenvalue weighted by Crippen LogP contribution is 2.45. The Morgan fingerprint density at radius 3 is 2.86 bits per heavy atom. The van der Waals surface area contributed by atoms with E-state index >= 15 is 0 Å². The van der Waals surface area contributed by atoms with Crippen LogP contribution in [0.2, 0.25) is 0 Å². The van der Waals surface area contributed by atoms with Gasteiger partial charge in [-0.2, -0.15) is 0 Å². The van der Waals surface area contributed by atoms with Crippen LogP contribution in [-0.2, 0) is 5.41 Å². The fourth-order valence-corrected chi connectivity index (χ4v) is 5.09. The molecule has 0 bridgehead atoms. The van der Waals surface area contributed by atoms with Gasteiger partial charge in [-0.15, -0.1) is 0 Å². The van der Waals surface area contributed by atoms with Gasteiger partial charge in [-0.25, -0.2) is 15.0 Å². The second kappa shape index (κ2) is 7.03. The molecular weight excluding hydrogens is 384 g/mol. The summed E-state index contributed by atoms with van der Waals surface area (Å²) >= 11 is 1.33. The van der Waals surface area contributed by atoms with Gasteiger partial charge in [0.2, 0.25) is 0 Å². The topological polar surface area (TPSA) is 83.0 Å². The minimum Gasteiger partial charge on any atom is -0.347 e. The molecule has 1 saturated heterocycles. The maximum absolute atomic E-state index is 12.8. The molecule has 7 nitrogen and oxygen atoms in total. The SMILES string of the molecule is CC1(C)CN(c2ncnc3sc(C(=O)NC4CCNCC4)nc23)c2ccccc21. The number of carbonyl (C=O) groups excluding carboxylic acids is 1. The number of nitrogens with one attached hydrogen (secondary N) is 2. The Labute approximate surface area is 173 Å². The fourth-order valence-electron chi connectivity index (χ4n) is 4.29. The Bertz CT molecular complexity index is 1070. The van der Waals surface area contributed by atoms with Crippen LogP contribution in [-0.4, -0.2) is 46.5 Å². The van der Waals surface area contributed by atoms with Gasteiger partial charge < -0.3 is 15.5 Å². The maximum atomic E-state index is 12.8. The van der Waals surface area contributed by atoms with Crippen molar-refractivity contribution in [2.75, 3.05) is 24.5 Å². The molecule has 0 radical (unpaired) electrons. The quantitative estimate of drug-likeness (QED) is 0.693. The van der Waals surface area contributed by atoms with Crippen LogP contribution in [0.5, 0.6) is 0 Å². The van der Waals surface area contributed by atoms with E-state index < -0.39 is 0 Å². The Morgan fingerprint density at radius 2 is 2.03 bits per heavy atom. The molecule has 2 aromatic heterocycles. The van der Waals surface area contributed by atoms with Crippen molar-refractivity contribution in [3.63, 3.8) is 0 Å². The third-order valence-electron chi connectivity index (χ3n) is 5.78. The fraction of sp³-hybridized carbons (Fsp3) is 0.429. The van der Waals surface area contributed by atoms with E-state index in [0.717, 1.165) is 48.8 Å². The monoisotopic (exact) mass is 408 g/mol. The summed E-state index contributed by atoms with van der Waals surface area (Å²) in [6.07, 6.45) is 3.46. The van der Waals surface area contributed by atoms with Crippen LogP contribution in [0, 0.1) is 0 Å². The largest absolute Gasteiger partial charge is 0.347 e. The first-order chi connectivity index (χ1) is 14.0. The van der Waals surface area contributed by atoms with Gasteiger partial charge in [0.15, 0.2) is 10.8 Å². The van der Waals surface area contributed by atoms with E-state index in [1.165, 1.54) is 16.9 Å². The molecule has 1 aromatic carbocycles. The summed E-state index contributed by atoms with van der Waals surface area (Å²) in [5, 5.41) is 6.89. The molecule has 5 rings (SSSR count). The third-order valence-corrected chi connectivity index (χ3v) is 6.74. The van der Waals surface area contributed by atoms with Crippen LogP contribution in [0.1, 0.15) is 42.1 Å². The Hall–Kier alpha value is -2.58. The molecule has 2 aliphatic heterocycles. The molecule has 0 atom stereocenters. The highest BCUT2D eigenvalue weighted by Gasteiger charge is 2.37. The van der Waals surface area contributed by atoms with E-state index in [1.54, 1.807) is 6.33 Å². The molecule has 0 aliphatic carbocycles. The zero-order valence-corrected chi connectivity index (χ0v) is 17.4. The molecule has 0 unspecified atom stereocenters. The Morgan fingerprint density at radius 1 is 1.24 bits per heavy atom. The second-order valence-corrected chi connectivity index (χ2v) is 9.33. The van der Waals surface area contributed by atoms with Crippen molar-refractivity contribution in [2.24, 2.45) is 0 Å². The summed E-state index contributed by atoms with van der Waals surface area (Å²) in [4.78, 5) is 29.3. The number of thiazole rings is 1. The lowest BCUT2D eigenvalue weighted by Gasteiger charge is -2.23. The van der Waals surface area contributed by atoms with Crippen molar-refractivity contribution in [1.29, 1.82) is 0 Å². The molecule has 2 aliphatic rings. The van der Waals surface area contributed by atoms with E-state index in [-0.39, 0.29) is 17.4 Å². The molecule has 0 spiro atoms.